The number of carbonyl (C=O) groups excluding carboxylic acids is 1. The fraction of sp³-hybridized carbons (Fsp3) is 0. The molecule has 0 atom stereocenters. The van der Waals surface area contributed by atoms with E-state index in [9.17, 15) is 4.79 Å². The van der Waals surface area contributed by atoms with E-state index in [2.05, 4.69) is 0 Å². The van der Waals surface area contributed by atoms with Crippen LogP contribution in [0.5, 0.6) is 0 Å². The zero-order valence-electron chi connectivity index (χ0n) is 11.1. The van der Waals surface area contributed by atoms with Gasteiger partial charge < -0.3 is 0 Å². The summed E-state index contributed by atoms with van der Waals surface area (Å²) >= 11 is 6.55. The number of hydrogen-bond donors (Lipinski definition) is 0. The van der Waals surface area contributed by atoms with E-state index in [-0.39, 0.29) is 5.78 Å². The Balaban J connectivity index is 1.98. The minimum Gasteiger partial charge on any atom is -0.289 e. The van der Waals surface area contributed by atoms with Crippen LogP contribution in [-0.2, 0) is 0 Å². The number of fused-ring (bicyclic) bond motifs is 3. The fourth-order valence-electron chi connectivity index (χ4n) is 2.91. The van der Waals surface area contributed by atoms with Gasteiger partial charge in [0, 0.05) is 16.7 Å². The first kappa shape index (κ1) is 12.4. The number of ketones is 1. The van der Waals surface area contributed by atoms with Gasteiger partial charge in [0.25, 0.3) is 0 Å². The molecule has 3 aromatic carbocycles. The van der Waals surface area contributed by atoms with Gasteiger partial charge in [0.05, 0.1) is 5.02 Å². The van der Waals surface area contributed by atoms with Crippen molar-refractivity contribution < 1.29 is 4.79 Å². The summed E-state index contributed by atoms with van der Waals surface area (Å²) in [6.07, 6.45) is 0. The lowest BCUT2D eigenvalue weighted by Gasteiger charge is -2.08. The highest BCUT2D eigenvalue weighted by molar-refractivity contribution is 6.40. The average molecular weight is 291 g/mol. The predicted octanol–water partition coefficient (Wildman–Crippen LogP) is 5.22. The summed E-state index contributed by atoms with van der Waals surface area (Å²) in [5.41, 5.74) is 5.18. The van der Waals surface area contributed by atoms with Crippen molar-refractivity contribution in [2.75, 3.05) is 0 Å². The van der Waals surface area contributed by atoms with Crippen molar-refractivity contribution in [3.05, 3.63) is 82.9 Å². The molecule has 0 heterocycles. The van der Waals surface area contributed by atoms with Gasteiger partial charge in [-0.05, 0) is 16.7 Å². The van der Waals surface area contributed by atoms with Crippen LogP contribution in [0.4, 0.5) is 0 Å². The number of hydrogen-bond acceptors (Lipinski definition) is 1. The van der Waals surface area contributed by atoms with Crippen molar-refractivity contribution >= 4 is 17.4 Å². The van der Waals surface area contributed by atoms with Gasteiger partial charge in [-0.3, -0.25) is 4.79 Å². The SMILES string of the molecule is O=C1c2ccccc2-c2ccc(-c3ccccc3)c(Cl)c21. The molecule has 0 amide bonds. The lowest BCUT2D eigenvalue weighted by molar-refractivity contribution is 0.104. The monoisotopic (exact) mass is 290 g/mol. The van der Waals surface area contributed by atoms with Crippen LogP contribution in [0.2, 0.25) is 5.02 Å². The molecule has 2 heteroatoms. The third-order valence-electron chi connectivity index (χ3n) is 3.92. The van der Waals surface area contributed by atoms with Gasteiger partial charge in [-0.15, -0.1) is 0 Å². The molecule has 0 saturated carbocycles. The third-order valence-corrected chi connectivity index (χ3v) is 4.31. The Kier molecular flexibility index (Phi) is 2.69. The Labute approximate surface area is 127 Å². The molecule has 1 aliphatic carbocycles. The van der Waals surface area contributed by atoms with E-state index in [1.807, 2.05) is 66.7 Å². The number of halogens is 1. The van der Waals surface area contributed by atoms with Crippen LogP contribution in [-0.4, -0.2) is 5.78 Å². The largest absolute Gasteiger partial charge is 0.289 e. The normalized spacial score (nSPS) is 12.1. The minimum atomic E-state index is 0.0170. The summed E-state index contributed by atoms with van der Waals surface area (Å²) < 4.78 is 0. The van der Waals surface area contributed by atoms with E-state index < -0.39 is 0 Å². The zero-order chi connectivity index (χ0) is 14.4. The van der Waals surface area contributed by atoms with Crippen LogP contribution in [0, 0.1) is 0 Å². The molecule has 0 saturated heterocycles. The van der Waals surface area contributed by atoms with Crippen molar-refractivity contribution in [3.63, 3.8) is 0 Å². The Morgan fingerprint density at radius 3 is 2.00 bits per heavy atom. The summed E-state index contributed by atoms with van der Waals surface area (Å²) in [4.78, 5) is 12.6. The molecule has 0 N–H and O–H groups in total. The van der Waals surface area contributed by atoms with E-state index in [1.54, 1.807) is 0 Å². The Bertz CT molecular complexity index is 866. The zero-order valence-corrected chi connectivity index (χ0v) is 11.9. The van der Waals surface area contributed by atoms with E-state index in [0.717, 1.165) is 27.8 Å². The highest BCUT2D eigenvalue weighted by atomic mass is 35.5. The van der Waals surface area contributed by atoms with Crippen LogP contribution in [0.3, 0.4) is 0 Å². The van der Waals surface area contributed by atoms with Gasteiger partial charge in [0.2, 0.25) is 0 Å². The molecule has 21 heavy (non-hydrogen) atoms. The van der Waals surface area contributed by atoms with Crippen molar-refractivity contribution in [1.82, 2.24) is 0 Å². The summed E-state index contributed by atoms with van der Waals surface area (Å²) in [5.74, 6) is 0.0170. The van der Waals surface area contributed by atoms with Crippen LogP contribution in [0.25, 0.3) is 22.3 Å². The van der Waals surface area contributed by atoms with Crippen molar-refractivity contribution in [2.24, 2.45) is 0 Å². The maximum atomic E-state index is 12.6. The number of rotatable bonds is 1. The van der Waals surface area contributed by atoms with Crippen LogP contribution < -0.4 is 0 Å². The van der Waals surface area contributed by atoms with Crippen LogP contribution in [0.1, 0.15) is 15.9 Å². The molecule has 1 aliphatic rings. The first-order chi connectivity index (χ1) is 10.3. The molecular weight excluding hydrogens is 280 g/mol. The van der Waals surface area contributed by atoms with Gasteiger partial charge in [0.1, 0.15) is 0 Å². The Hall–Kier alpha value is -2.38. The van der Waals surface area contributed by atoms with Crippen LogP contribution >= 0.6 is 11.6 Å². The second-order valence-electron chi connectivity index (χ2n) is 5.09. The van der Waals surface area contributed by atoms with Gasteiger partial charge in [0.15, 0.2) is 5.78 Å². The van der Waals surface area contributed by atoms with Crippen LogP contribution in [0.15, 0.2) is 66.7 Å². The molecule has 1 nitrogen and oxygen atoms in total. The third kappa shape index (κ3) is 1.75. The van der Waals surface area contributed by atoms with E-state index in [1.165, 1.54) is 0 Å². The molecular formula is C19H11ClO. The minimum absolute atomic E-state index is 0.0170. The molecule has 0 aromatic heterocycles. The topological polar surface area (TPSA) is 17.1 Å². The molecule has 0 radical (unpaired) electrons. The van der Waals surface area contributed by atoms with Gasteiger partial charge in [-0.1, -0.05) is 78.3 Å². The van der Waals surface area contributed by atoms with Crippen molar-refractivity contribution in [2.45, 2.75) is 0 Å². The Morgan fingerprint density at radius 2 is 1.24 bits per heavy atom. The van der Waals surface area contributed by atoms with Gasteiger partial charge in [-0.25, -0.2) is 0 Å². The first-order valence-corrected chi connectivity index (χ1v) is 7.17. The molecule has 0 unspecified atom stereocenters. The first-order valence-electron chi connectivity index (χ1n) is 6.79. The average Bonchev–Trinajstić information content (AvgIpc) is 2.83. The number of carbonyl (C=O) groups is 1. The quantitative estimate of drug-likeness (QED) is 0.470. The molecule has 0 fully saturated rings. The maximum Gasteiger partial charge on any atom is 0.195 e. The van der Waals surface area contributed by atoms with E-state index in [4.69, 9.17) is 11.6 Å². The van der Waals surface area contributed by atoms with E-state index in [0.29, 0.717) is 10.6 Å². The number of benzene rings is 3. The molecule has 3 aromatic rings. The molecule has 0 spiro atoms. The molecule has 100 valence electrons. The Morgan fingerprint density at radius 1 is 0.619 bits per heavy atom. The lowest BCUT2D eigenvalue weighted by Crippen LogP contribution is -1.97. The summed E-state index contributed by atoms with van der Waals surface area (Å²) in [7, 11) is 0. The van der Waals surface area contributed by atoms with Crippen molar-refractivity contribution in [1.29, 1.82) is 0 Å². The summed E-state index contributed by atoms with van der Waals surface area (Å²) in [5, 5.41) is 0.542. The van der Waals surface area contributed by atoms with Gasteiger partial charge in [-0.2, -0.15) is 0 Å². The van der Waals surface area contributed by atoms with E-state index >= 15 is 0 Å². The maximum absolute atomic E-state index is 12.6. The molecule has 4 rings (SSSR count). The van der Waals surface area contributed by atoms with Crippen molar-refractivity contribution in [3.8, 4) is 22.3 Å². The fourth-order valence-corrected chi connectivity index (χ4v) is 3.27. The second kappa shape index (κ2) is 4.57. The summed E-state index contributed by atoms with van der Waals surface area (Å²) in [6, 6.07) is 21.5. The standard InChI is InChI=1S/C19H11ClO/c20-18-13(12-6-2-1-3-7-12)10-11-15-14-8-4-5-9-16(14)19(21)17(15)18/h1-11H. The lowest BCUT2D eigenvalue weighted by atomic mass is 9.99. The summed E-state index contributed by atoms with van der Waals surface area (Å²) in [6.45, 7) is 0. The molecule has 0 aliphatic heterocycles. The van der Waals surface area contributed by atoms with Gasteiger partial charge >= 0.3 is 0 Å². The second-order valence-corrected chi connectivity index (χ2v) is 5.47. The smallest absolute Gasteiger partial charge is 0.195 e. The highest BCUT2D eigenvalue weighted by Gasteiger charge is 2.29. The predicted molar refractivity (Wildman–Crippen MR) is 85.8 cm³/mol. The highest BCUT2D eigenvalue weighted by Crippen LogP contribution is 2.43. The molecule has 0 bridgehead atoms.